The van der Waals surface area contributed by atoms with E-state index in [2.05, 4.69) is 10.1 Å². The lowest BCUT2D eigenvalue weighted by Crippen LogP contribution is -2.09. The summed E-state index contributed by atoms with van der Waals surface area (Å²) < 4.78 is 0. The van der Waals surface area contributed by atoms with Crippen LogP contribution in [0.2, 0.25) is 0 Å². The van der Waals surface area contributed by atoms with E-state index in [0.29, 0.717) is 6.42 Å². The number of para-hydroxylation sites is 1. The van der Waals surface area contributed by atoms with E-state index in [0.717, 1.165) is 22.7 Å². The Balaban J connectivity index is 2.15. The summed E-state index contributed by atoms with van der Waals surface area (Å²) in [4.78, 5) is 3.25. The van der Waals surface area contributed by atoms with Gasteiger partial charge in [-0.1, -0.05) is 18.2 Å². The maximum Gasteiger partial charge on any atom is 0.298 e. The Kier molecular flexibility index (Phi) is 2.99. The molecule has 2 rings (SSSR count). The van der Waals surface area contributed by atoms with Gasteiger partial charge in [0.1, 0.15) is 0 Å². The SMILES string of the molecule is CC1=CC(Nc2ccccc2)=CCC1=[N+]=[N-]. The van der Waals surface area contributed by atoms with Crippen molar-refractivity contribution < 1.29 is 4.79 Å². The van der Waals surface area contributed by atoms with Crippen LogP contribution in [-0.2, 0) is 0 Å². The molecule has 0 saturated carbocycles. The van der Waals surface area contributed by atoms with E-state index in [1.54, 1.807) is 0 Å². The number of anilines is 1. The average Bonchev–Trinajstić information content (AvgIpc) is 2.31. The Morgan fingerprint density at radius 3 is 2.62 bits per heavy atom. The normalized spacial score (nSPS) is 14.9. The molecule has 0 atom stereocenters. The lowest BCUT2D eigenvalue weighted by Gasteiger charge is -2.10. The van der Waals surface area contributed by atoms with Gasteiger partial charge in [-0.05, 0) is 31.2 Å². The number of hydrogen-bond donors (Lipinski definition) is 1. The van der Waals surface area contributed by atoms with E-state index >= 15 is 0 Å². The van der Waals surface area contributed by atoms with E-state index in [9.17, 15) is 0 Å². The first-order chi connectivity index (χ1) is 7.79. The summed E-state index contributed by atoms with van der Waals surface area (Å²) in [6.45, 7) is 1.94. The van der Waals surface area contributed by atoms with Crippen molar-refractivity contribution >= 4 is 11.4 Å². The summed E-state index contributed by atoms with van der Waals surface area (Å²) in [6.07, 6.45) is 4.65. The van der Waals surface area contributed by atoms with E-state index in [4.69, 9.17) is 5.53 Å². The first kappa shape index (κ1) is 10.4. The molecule has 1 aromatic rings. The fraction of sp³-hybridized carbons (Fsp3) is 0.154. The van der Waals surface area contributed by atoms with Crippen molar-refractivity contribution in [2.24, 2.45) is 0 Å². The van der Waals surface area contributed by atoms with Gasteiger partial charge in [-0.2, -0.15) is 4.79 Å². The van der Waals surface area contributed by atoms with Crippen LogP contribution in [-0.4, -0.2) is 10.5 Å². The molecule has 0 radical (unpaired) electrons. The predicted molar refractivity (Wildman–Crippen MR) is 65.1 cm³/mol. The Labute approximate surface area is 94.7 Å². The molecule has 3 nitrogen and oxygen atoms in total. The van der Waals surface area contributed by atoms with Gasteiger partial charge in [0.05, 0.1) is 6.42 Å². The molecule has 0 fully saturated rings. The van der Waals surface area contributed by atoms with Crippen LogP contribution in [0.3, 0.4) is 0 Å². The van der Waals surface area contributed by atoms with Crippen LogP contribution in [0.1, 0.15) is 13.3 Å². The van der Waals surface area contributed by atoms with Crippen LogP contribution in [0.5, 0.6) is 0 Å². The summed E-state index contributed by atoms with van der Waals surface area (Å²) in [5, 5.41) is 3.30. The third-order valence-corrected chi connectivity index (χ3v) is 2.53. The molecule has 1 aromatic carbocycles. The second-order valence-electron chi connectivity index (χ2n) is 3.73. The number of nitrogens with zero attached hydrogens (tertiary/aromatic N) is 2. The summed E-state index contributed by atoms with van der Waals surface area (Å²) in [5.41, 5.74) is 12.5. The van der Waals surface area contributed by atoms with Crippen LogP contribution in [0.15, 0.2) is 53.8 Å². The molecule has 0 saturated heterocycles. The topological polar surface area (TPSA) is 48.4 Å². The van der Waals surface area contributed by atoms with Gasteiger partial charge in [0.2, 0.25) is 0 Å². The van der Waals surface area contributed by atoms with Crippen molar-refractivity contribution in [3.8, 4) is 0 Å². The maximum absolute atomic E-state index is 8.73. The van der Waals surface area contributed by atoms with Gasteiger partial charge in [0.25, 0.3) is 5.71 Å². The summed E-state index contributed by atoms with van der Waals surface area (Å²) in [6, 6.07) is 9.99. The Morgan fingerprint density at radius 1 is 1.25 bits per heavy atom. The number of nitrogens with one attached hydrogen (secondary N) is 1. The smallest absolute Gasteiger partial charge is 0.298 e. The monoisotopic (exact) mass is 211 g/mol. The zero-order valence-corrected chi connectivity index (χ0v) is 9.14. The molecular weight excluding hydrogens is 198 g/mol. The van der Waals surface area contributed by atoms with Crippen molar-refractivity contribution in [1.82, 2.24) is 0 Å². The average molecular weight is 211 g/mol. The molecule has 0 aliphatic heterocycles. The first-order valence-corrected chi connectivity index (χ1v) is 5.21. The lowest BCUT2D eigenvalue weighted by atomic mass is 10.0. The third-order valence-electron chi connectivity index (χ3n) is 2.53. The van der Waals surface area contributed by atoms with Crippen molar-refractivity contribution in [2.45, 2.75) is 13.3 Å². The van der Waals surface area contributed by atoms with Crippen LogP contribution < -0.4 is 5.32 Å². The van der Waals surface area contributed by atoms with Crippen molar-refractivity contribution in [2.75, 3.05) is 5.32 Å². The summed E-state index contributed by atoms with van der Waals surface area (Å²) >= 11 is 0. The fourth-order valence-electron chi connectivity index (χ4n) is 1.64. The van der Waals surface area contributed by atoms with Crippen LogP contribution >= 0.6 is 0 Å². The molecule has 1 aliphatic rings. The summed E-state index contributed by atoms with van der Waals surface area (Å²) in [5.74, 6) is 0. The van der Waals surface area contributed by atoms with Gasteiger partial charge in [0.15, 0.2) is 0 Å². The Bertz CT molecular complexity index is 491. The van der Waals surface area contributed by atoms with Crippen molar-refractivity contribution in [3.05, 3.63) is 59.3 Å². The number of rotatable bonds is 2. The molecule has 3 heteroatoms. The third kappa shape index (κ3) is 2.27. The van der Waals surface area contributed by atoms with E-state index in [-0.39, 0.29) is 0 Å². The molecule has 0 bridgehead atoms. The zero-order chi connectivity index (χ0) is 11.4. The highest BCUT2D eigenvalue weighted by molar-refractivity contribution is 5.98. The quantitative estimate of drug-likeness (QED) is 0.593. The largest absolute Gasteiger partial charge is 0.361 e. The maximum atomic E-state index is 8.73. The van der Waals surface area contributed by atoms with Crippen molar-refractivity contribution in [3.63, 3.8) is 0 Å². The van der Waals surface area contributed by atoms with Gasteiger partial charge in [-0.3, -0.25) is 0 Å². The van der Waals surface area contributed by atoms with E-state index in [1.807, 2.05) is 49.4 Å². The highest BCUT2D eigenvalue weighted by atomic mass is 14.9. The molecule has 1 aliphatic carbocycles. The second-order valence-corrected chi connectivity index (χ2v) is 3.73. The molecule has 80 valence electrons. The zero-order valence-electron chi connectivity index (χ0n) is 9.14. The second kappa shape index (κ2) is 4.60. The highest BCUT2D eigenvalue weighted by Gasteiger charge is 2.14. The summed E-state index contributed by atoms with van der Waals surface area (Å²) in [7, 11) is 0. The van der Waals surface area contributed by atoms with Crippen molar-refractivity contribution in [1.29, 1.82) is 0 Å². The van der Waals surface area contributed by atoms with E-state index in [1.165, 1.54) is 0 Å². The molecule has 0 unspecified atom stereocenters. The van der Waals surface area contributed by atoms with Gasteiger partial charge in [-0.25, -0.2) is 0 Å². The minimum atomic E-state index is 0.661. The van der Waals surface area contributed by atoms with Crippen LogP contribution in [0, 0.1) is 0 Å². The van der Waals surface area contributed by atoms with Gasteiger partial charge >= 0.3 is 0 Å². The first-order valence-electron chi connectivity index (χ1n) is 5.21. The lowest BCUT2D eigenvalue weighted by molar-refractivity contribution is -0.00646. The van der Waals surface area contributed by atoms with Crippen LogP contribution in [0.25, 0.3) is 5.53 Å². The Morgan fingerprint density at radius 2 is 2.00 bits per heavy atom. The van der Waals surface area contributed by atoms with E-state index < -0.39 is 0 Å². The fourth-order valence-corrected chi connectivity index (χ4v) is 1.64. The van der Waals surface area contributed by atoms with Gasteiger partial charge in [0, 0.05) is 17.0 Å². The minimum absolute atomic E-state index is 0.661. The molecule has 0 amide bonds. The van der Waals surface area contributed by atoms with Gasteiger partial charge in [-0.15, -0.1) is 0 Å². The number of allylic oxidation sites excluding steroid dienone is 3. The molecule has 0 spiro atoms. The molecular formula is C13H13N3. The molecule has 0 heterocycles. The predicted octanol–water partition coefficient (Wildman–Crippen LogP) is 3.00. The molecule has 16 heavy (non-hydrogen) atoms. The van der Waals surface area contributed by atoms with Gasteiger partial charge < -0.3 is 10.8 Å². The molecule has 1 N–H and O–H groups in total. The number of hydrogen-bond acceptors (Lipinski definition) is 1. The standard InChI is InChI=1S/C13H13N3/c1-10-9-12(7-8-13(10)16-14)15-11-5-3-2-4-6-11/h2-7,9,15H,8H2,1H3. The number of benzene rings is 1. The Hall–Kier alpha value is -2.12. The minimum Gasteiger partial charge on any atom is -0.361 e. The highest BCUT2D eigenvalue weighted by Crippen LogP contribution is 2.16. The molecule has 0 aromatic heterocycles. The van der Waals surface area contributed by atoms with Crippen LogP contribution in [0.4, 0.5) is 5.69 Å².